The molecule has 26 heteroatoms. The third-order valence-corrected chi connectivity index (χ3v) is 6.08. The van der Waals surface area contributed by atoms with Gasteiger partial charge in [0.1, 0.15) is 22.6 Å². The van der Waals surface area contributed by atoms with Crippen LogP contribution in [0.5, 0.6) is 0 Å². The van der Waals surface area contributed by atoms with Gasteiger partial charge in [-0.1, -0.05) is 11.6 Å². The first-order valence-electron chi connectivity index (χ1n) is 15.3. The molecule has 0 aliphatic rings. The van der Waals surface area contributed by atoms with Crippen molar-refractivity contribution in [2.45, 2.75) is 98.0 Å². The maximum Gasteiger partial charge on any atom is 0.518 e. The molecule has 1 aromatic heterocycles. The smallest absolute Gasteiger partial charge is 0.444 e. The van der Waals surface area contributed by atoms with Crippen LogP contribution < -0.4 is 38.5 Å². The maximum atomic E-state index is 12.2. The van der Waals surface area contributed by atoms with Crippen LogP contribution in [0.2, 0.25) is 5.15 Å². The monoisotopic (exact) mass is 818 g/mol. The molecule has 4 amide bonds. The summed E-state index contributed by atoms with van der Waals surface area (Å²) in [5.74, 6) is -2.23. The number of guanidine groups is 2. The lowest BCUT2D eigenvalue weighted by molar-refractivity contribution is -0.0435. The molecule has 0 atom stereocenters. The molecule has 10 N–H and O–H groups in total. The summed E-state index contributed by atoms with van der Waals surface area (Å²) < 4.78 is 74.6. The number of nitrogen functional groups attached to an aromatic ring is 2. The van der Waals surface area contributed by atoms with Crippen molar-refractivity contribution in [1.29, 1.82) is 0 Å². The molecular weight excluding hydrogens is 773 g/mol. The van der Waals surface area contributed by atoms with Gasteiger partial charge in [0.05, 0.1) is 0 Å². The van der Waals surface area contributed by atoms with Gasteiger partial charge in [-0.2, -0.15) is 21.6 Å². The number of aromatic nitrogens is 2. The van der Waals surface area contributed by atoms with Crippen LogP contribution in [0.3, 0.4) is 0 Å². The second kappa shape index (κ2) is 19.8. The summed E-state index contributed by atoms with van der Waals surface area (Å²) in [5.41, 5.74) is 8.66. The SMILES string of the molecule is CC(=NS(=O)(=O)C(F)(F)F)NC(=O)OC(C)(C)C.CC(C)(C)OC(=O)NC(=NCCCN=C(N)NC(=O)c1nc(Cl)c(N)nc1N)NC(=O)OC(C)(C)C. The highest BCUT2D eigenvalue weighted by molar-refractivity contribution is 7.91. The van der Waals surface area contributed by atoms with Crippen LogP contribution in [-0.4, -0.2) is 95.7 Å². The van der Waals surface area contributed by atoms with Crippen molar-refractivity contribution in [3.8, 4) is 0 Å². The normalized spacial score (nSPS) is 12.6. The Kier molecular flexibility index (Phi) is 17.9. The number of carbonyl (C=O) groups excluding carboxylic acids is 4. The highest BCUT2D eigenvalue weighted by atomic mass is 35.5. The first kappa shape index (κ1) is 48.8. The van der Waals surface area contributed by atoms with Gasteiger partial charge in [-0.3, -0.25) is 36.0 Å². The second-order valence-electron chi connectivity index (χ2n) is 13.4. The molecule has 1 heterocycles. The summed E-state index contributed by atoms with van der Waals surface area (Å²) in [6.45, 7) is 15.9. The lowest BCUT2D eigenvalue weighted by Crippen LogP contribution is -2.47. The largest absolute Gasteiger partial charge is 0.518 e. The van der Waals surface area contributed by atoms with Crippen molar-refractivity contribution in [2.24, 2.45) is 20.1 Å². The number of hydrogen-bond donors (Lipinski definition) is 7. The number of alkyl halides is 3. The van der Waals surface area contributed by atoms with E-state index >= 15 is 0 Å². The zero-order chi connectivity index (χ0) is 42.5. The highest BCUT2D eigenvalue weighted by Crippen LogP contribution is 2.24. The van der Waals surface area contributed by atoms with Crippen LogP contribution in [0, 0.1) is 0 Å². The molecule has 0 aliphatic heterocycles. The molecular formula is C28H46ClF3N12O9S. The fourth-order valence-corrected chi connectivity index (χ4v) is 3.54. The molecule has 54 heavy (non-hydrogen) atoms. The van der Waals surface area contributed by atoms with Crippen molar-refractivity contribution in [3.63, 3.8) is 0 Å². The number of amidine groups is 1. The number of aliphatic imine (C=N–C) groups is 2. The van der Waals surface area contributed by atoms with E-state index < -0.39 is 62.4 Å². The zero-order valence-corrected chi connectivity index (χ0v) is 32.8. The van der Waals surface area contributed by atoms with Gasteiger partial charge in [-0.05, 0) is 75.7 Å². The Labute approximate surface area is 314 Å². The van der Waals surface area contributed by atoms with E-state index in [-0.39, 0.29) is 47.5 Å². The van der Waals surface area contributed by atoms with Crippen molar-refractivity contribution in [1.82, 2.24) is 31.2 Å². The Bertz CT molecular complexity index is 1690. The molecule has 0 aliphatic carbocycles. The number of alkyl carbamates (subject to hydrolysis) is 3. The number of hydrogen-bond acceptors (Lipinski definition) is 15. The number of nitrogens with two attached hydrogens (primary N) is 3. The summed E-state index contributed by atoms with van der Waals surface area (Å²) in [7, 11) is -5.67. The van der Waals surface area contributed by atoms with Crippen LogP contribution in [0.4, 0.5) is 39.2 Å². The Morgan fingerprint density at radius 3 is 1.59 bits per heavy atom. The Morgan fingerprint density at radius 1 is 0.741 bits per heavy atom. The van der Waals surface area contributed by atoms with E-state index in [0.717, 1.165) is 6.92 Å². The molecule has 0 saturated heterocycles. The fraction of sp³-hybridized carbons (Fsp3) is 0.607. The lowest BCUT2D eigenvalue weighted by atomic mass is 10.2. The number of amides is 4. The van der Waals surface area contributed by atoms with Crippen LogP contribution >= 0.6 is 11.6 Å². The van der Waals surface area contributed by atoms with E-state index in [1.165, 1.54) is 20.8 Å². The van der Waals surface area contributed by atoms with Crippen LogP contribution in [-0.2, 0) is 24.2 Å². The minimum atomic E-state index is -5.67. The molecule has 0 bridgehead atoms. The quantitative estimate of drug-likeness (QED) is 0.0940. The van der Waals surface area contributed by atoms with Gasteiger partial charge < -0.3 is 31.4 Å². The summed E-state index contributed by atoms with van der Waals surface area (Å²) in [6.07, 6.45) is -2.39. The zero-order valence-electron chi connectivity index (χ0n) is 31.2. The maximum absolute atomic E-state index is 12.2. The summed E-state index contributed by atoms with van der Waals surface area (Å²) in [5, 5.41) is 8.62. The topological polar surface area (TPSA) is 319 Å². The minimum absolute atomic E-state index is 0.116. The average molecular weight is 819 g/mol. The Balaban J connectivity index is 0.00000131. The molecule has 0 unspecified atom stereocenters. The van der Waals surface area contributed by atoms with Crippen molar-refractivity contribution in [3.05, 3.63) is 10.8 Å². The number of halogens is 4. The van der Waals surface area contributed by atoms with Gasteiger partial charge in [-0.15, -0.1) is 4.40 Å². The summed E-state index contributed by atoms with van der Waals surface area (Å²) in [4.78, 5) is 63.1. The van der Waals surface area contributed by atoms with Crippen molar-refractivity contribution in [2.75, 3.05) is 24.6 Å². The third-order valence-electron chi connectivity index (χ3n) is 4.70. The number of sulfonamides is 1. The van der Waals surface area contributed by atoms with Gasteiger partial charge in [-0.25, -0.2) is 24.4 Å². The van der Waals surface area contributed by atoms with E-state index in [1.807, 2.05) is 0 Å². The first-order chi connectivity index (χ1) is 24.2. The van der Waals surface area contributed by atoms with Crippen molar-refractivity contribution < 1.29 is 55.0 Å². The fourth-order valence-electron chi connectivity index (χ4n) is 2.90. The van der Waals surface area contributed by atoms with Crippen LogP contribution in [0.15, 0.2) is 14.4 Å². The van der Waals surface area contributed by atoms with Gasteiger partial charge in [0.2, 0.25) is 5.96 Å². The summed E-state index contributed by atoms with van der Waals surface area (Å²) >= 11 is 5.76. The van der Waals surface area contributed by atoms with Gasteiger partial charge in [0.25, 0.3) is 5.91 Å². The third kappa shape index (κ3) is 21.4. The van der Waals surface area contributed by atoms with E-state index in [0.29, 0.717) is 6.42 Å². The van der Waals surface area contributed by atoms with E-state index in [9.17, 15) is 40.8 Å². The predicted molar refractivity (Wildman–Crippen MR) is 193 cm³/mol. The lowest BCUT2D eigenvalue weighted by Gasteiger charge is -2.22. The van der Waals surface area contributed by atoms with E-state index in [2.05, 4.69) is 40.3 Å². The number of ether oxygens (including phenoxy) is 3. The molecule has 306 valence electrons. The van der Waals surface area contributed by atoms with Crippen LogP contribution in [0.25, 0.3) is 0 Å². The molecule has 0 fully saturated rings. The minimum Gasteiger partial charge on any atom is -0.444 e. The first-order valence-corrected chi connectivity index (χ1v) is 17.1. The number of anilines is 2. The van der Waals surface area contributed by atoms with Crippen molar-refractivity contribution >= 4 is 75.2 Å². The van der Waals surface area contributed by atoms with E-state index in [1.54, 1.807) is 46.9 Å². The molecule has 0 aromatic carbocycles. The molecule has 0 radical (unpaired) electrons. The number of carbonyl (C=O) groups is 4. The molecule has 0 spiro atoms. The molecule has 1 aromatic rings. The van der Waals surface area contributed by atoms with Gasteiger partial charge in [0.15, 0.2) is 28.4 Å². The molecule has 0 saturated carbocycles. The number of nitrogens with zero attached hydrogens (tertiary/aromatic N) is 5. The molecule has 1 rings (SSSR count). The number of rotatable bonds is 6. The number of nitrogens with one attached hydrogen (secondary N) is 4. The molecule has 21 nitrogen and oxygen atoms in total. The van der Waals surface area contributed by atoms with E-state index in [4.69, 9.17) is 43.0 Å². The average Bonchev–Trinajstić information content (AvgIpc) is 2.90. The Hall–Kier alpha value is -5.20. The summed E-state index contributed by atoms with van der Waals surface area (Å²) in [6, 6.07) is 0. The van der Waals surface area contributed by atoms with Crippen LogP contribution in [0.1, 0.15) is 86.1 Å². The second-order valence-corrected chi connectivity index (χ2v) is 15.4. The van der Waals surface area contributed by atoms with Gasteiger partial charge in [0, 0.05) is 13.1 Å². The Morgan fingerprint density at radius 2 is 1.17 bits per heavy atom. The van der Waals surface area contributed by atoms with Gasteiger partial charge >= 0.3 is 33.8 Å². The standard InChI is InChI=1S/C20H33ClN10O5.C8H13F3N2O4S/c1-19(2,3)35-17(33)30-16(31-18(34)36-20(4,5)6)26-9-7-8-25-15(24)29-14(32)10-12(22)28-13(23)11(21)27-10;1-5(12-6(14)17-7(2,3)4)13-18(15,16)8(9,10)11/h7-9H2,1-6H3,(H4,22,23,28)(H3,24,25,29,32)(H2,26,30,31,33,34);1-4H3,(H,12,13,14). The predicted octanol–water partition coefficient (Wildman–Crippen LogP) is 2.91. The highest BCUT2D eigenvalue weighted by Gasteiger charge is 2.46.